The molecule has 0 unspecified atom stereocenters. The summed E-state index contributed by atoms with van der Waals surface area (Å²) in [5.41, 5.74) is 1.03. The van der Waals surface area contributed by atoms with Crippen LogP contribution >= 0.6 is 0 Å². The Kier molecular flexibility index (Phi) is 5.70. The van der Waals surface area contributed by atoms with Crippen LogP contribution in [-0.2, 0) is 17.1 Å². The van der Waals surface area contributed by atoms with Crippen LogP contribution in [0.2, 0.25) is 0 Å². The highest BCUT2D eigenvalue weighted by Crippen LogP contribution is 2.22. The van der Waals surface area contributed by atoms with E-state index < -0.39 is 10.0 Å². The molecule has 1 fully saturated rings. The fraction of sp³-hybridized carbons (Fsp3) is 0.261. The van der Waals surface area contributed by atoms with Gasteiger partial charge in [-0.2, -0.15) is 4.31 Å². The van der Waals surface area contributed by atoms with Gasteiger partial charge >= 0.3 is 0 Å². The molecule has 0 saturated carbocycles. The number of benzene rings is 2. The summed E-state index contributed by atoms with van der Waals surface area (Å²) >= 11 is 0. The predicted octanol–water partition coefficient (Wildman–Crippen LogP) is 1.89. The predicted molar refractivity (Wildman–Crippen MR) is 120 cm³/mol. The van der Waals surface area contributed by atoms with Gasteiger partial charge in [0.25, 0.3) is 11.5 Å². The number of pyridine rings is 1. The number of hydrogen-bond acceptors (Lipinski definition) is 5. The second kappa shape index (κ2) is 8.33. The minimum Gasteiger partial charge on any atom is -0.336 e. The summed E-state index contributed by atoms with van der Waals surface area (Å²) in [5.74, 6) is -0.506. The molecule has 32 heavy (non-hydrogen) atoms. The zero-order chi connectivity index (χ0) is 23.0. The molecule has 1 aliphatic rings. The first kappa shape index (κ1) is 21.9. The monoisotopic (exact) mass is 453 g/mol. The Morgan fingerprint density at radius 3 is 2.28 bits per heavy atom. The zero-order valence-corrected chi connectivity index (χ0v) is 18.6. The average molecular weight is 454 g/mol. The van der Waals surface area contributed by atoms with E-state index >= 15 is 0 Å². The topological polar surface area (TPSA) is 96.8 Å². The van der Waals surface area contributed by atoms with Crippen molar-refractivity contribution in [2.24, 2.45) is 7.05 Å². The van der Waals surface area contributed by atoms with Gasteiger partial charge in [-0.1, -0.05) is 30.3 Å². The van der Waals surface area contributed by atoms with Gasteiger partial charge < -0.3 is 9.47 Å². The second-order valence-electron chi connectivity index (χ2n) is 7.75. The molecule has 4 rings (SSSR count). The molecule has 0 N–H and O–H groups in total. The molecular weight excluding hydrogens is 430 g/mol. The number of amides is 1. The maximum atomic E-state index is 13.2. The average Bonchev–Trinajstić information content (AvgIpc) is 2.81. The Bertz CT molecular complexity index is 1390. The van der Waals surface area contributed by atoms with Crippen molar-refractivity contribution in [2.45, 2.75) is 11.8 Å². The summed E-state index contributed by atoms with van der Waals surface area (Å²) < 4.78 is 28.9. The van der Waals surface area contributed by atoms with Crippen molar-refractivity contribution in [3.63, 3.8) is 0 Å². The lowest BCUT2D eigenvalue weighted by atomic mass is 10.1. The Labute approximate surface area is 185 Å². The van der Waals surface area contributed by atoms with Crippen LogP contribution in [0.3, 0.4) is 0 Å². The number of sulfonamides is 1. The van der Waals surface area contributed by atoms with E-state index in [0.29, 0.717) is 22.0 Å². The smallest absolute Gasteiger partial charge is 0.254 e. The van der Waals surface area contributed by atoms with Gasteiger partial charge in [0.2, 0.25) is 10.0 Å². The van der Waals surface area contributed by atoms with E-state index in [9.17, 15) is 22.8 Å². The Morgan fingerprint density at radius 2 is 1.59 bits per heavy atom. The van der Waals surface area contributed by atoms with Gasteiger partial charge in [-0.15, -0.1) is 0 Å². The fourth-order valence-electron chi connectivity index (χ4n) is 3.91. The van der Waals surface area contributed by atoms with Crippen LogP contribution in [0.4, 0.5) is 0 Å². The normalized spacial score (nSPS) is 15.1. The van der Waals surface area contributed by atoms with E-state index in [-0.39, 0.29) is 48.3 Å². The highest BCUT2D eigenvalue weighted by atomic mass is 32.2. The van der Waals surface area contributed by atoms with Crippen LogP contribution < -0.4 is 5.56 Å². The summed E-state index contributed by atoms with van der Waals surface area (Å²) in [4.78, 5) is 38.8. The summed E-state index contributed by atoms with van der Waals surface area (Å²) in [7, 11) is -2.13. The van der Waals surface area contributed by atoms with Crippen molar-refractivity contribution in [1.29, 1.82) is 0 Å². The van der Waals surface area contributed by atoms with Crippen molar-refractivity contribution in [1.82, 2.24) is 13.8 Å². The molecule has 0 spiro atoms. The zero-order valence-electron chi connectivity index (χ0n) is 17.8. The van der Waals surface area contributed by atoms with Gasteiger partial charge in [0, 0.05) is 50.2 Å². The van der Waals surface area contributed by atoms with Crippen molar-refractivity contribution in [3.8, 4) is 0 Å². The summed E-state index contributed by atoms with van der Waals surface area (Å²) in [6.45, 7) is 2.04. The molecule has 2 heterocycles. The molecule has 0 radical (unpaired) electrons. The molecular formula is C23H23N3O5S. The van der Waals surface area contributed by atoms with Gasteiger partial charge in [-0.25, -0.2) is 8.42 Å². The molecule has 0 bridgehead atoms. The number of fused-ring (bicyclic) bond motifs is 1. The number of Topliss-reactive ketones (excluding diaryl/α,β-unsaturated/α-hetero) is 1. The first-order valence-corrected chi connectivity index (χ1v) is 11.6. The number of aryl methyl sites for hydroxylation is 1. The lowest BCUT2D eigenvalue weighted by molar-refractivity contribution is 0.0699. The molecule has 1 amide bonds. The van der Waals surface area contributed by atoms with Crippen molar-refractivity contribution in [3.05, 3.63) is 76.1 Å². The van der Waals surface area contributed by atoms with Gasteiger partial charge in [-0.05, 0) is 25.1 Å². The third-order valence-electron chi connectivity index (χ3n) is 5.79. The lowest BCUT2D eigenvalue weighted by Crippen LogP contribution is -2.50. The molecule has 166 valence electrons. The van der Waals surface area contributed by atoms with Crippen LogP contribution in [-0.4, -0.2) is 60.1 Å². The third kappa shape index (κ3) is 3.85. The highest BCUT2D eigenvalue weighted by Gasteiger charge is 2.31. The molecule has 0 atom stereocenters. The molecule has 1 saturated heterocycles. The number of ketones is 1. The lowest BCUT2D eigenvalue weighted by Gasteiger charge is -2.34. The third-order valence-corrected chi connectivity index (χ3v) is 7.68. The molecule has 8 nitrogen and oxygen atoms in total. The maximum absolute atomic E-state index is 13.2. The van der Waals surface area contributed by atoms with Gasteiger partial charge in [-0.3, -0.25) is 14.4 Å². The molecule has 0 aliphatic carbocycles. The van der Waals surface area contributed by atoms with E-state index in [2.05, 4.69) is 0 Å². The van der Waals surface area contributed by atoms with Gasteiger partial charge in [0.15, 0.2) is 5.78 Å². The first-order valence-electron chi connectivity index (χ1n) is 10.2. The van der Waals surface area contributed by atoms with E-state index in [1.807, 2.05) is 6.07 Å². The van der Waals surface area contributed by atoms with Crippen molar-refractivity contribution >= 4 is 32.6 Å². The van der Waals surface area contributed by atoms with E-state index in [1.165, 1.54) is 34.0 Å². The number of para-hydroxylation sites is 1. The van der Waals surface area contributed by atoms with E-state index in [0.717, 1.165) is 0 Å². The van der Waals surface area contributed by atoms with Crippen molar-refractivity contribution < 1.29 is 18.0 Å². The highest BCUT2D eigenvalue weighted by molar-refractivity contribution is 7.89. The van der Waals surface area contributed by atoms with E-state index in [1.54, 1.807) is 42.3 Å². The second-order valence-corrected chi connectivity index (χ2v) is 9.69. The van der Waals surface area contributed by atoms with Gasteiger partial charge in [0.1, 0.15) is 0 Å². The van der Waals surface area contributed by atoms with Crippen LogP contribution in [0.5, 0.6) is 0 Å². The molecule has 3 aromatic rings. The van der Waals surface area contributed by atoms with Crippen molar-refractivity contribution in [2.75, 3.05) is 26.2 Å². The quantitative estimate of drug-likeness (QED) is 0.562. The summed E-state index contributed by atoms with van der Waals surface area (Å²) in [5, 5.41) is 0.677. The van der Waals surface area contributed by atoms with Crippen LogP contribution in [0, 0.1) is 0 Å². The van der Waals surface area contributed by atoms with Crippen LogP contribution in [0.1, 0.15) is 27.6 Å². The SMILES string of the molecule is CC(=O)c1cccc(S(=O)(=O)N2CCN(C(=O)c3cc(=O)n(C)c4ccccc34)CC2)c1. The minimum absolute atomic E-state index is 0.0579. The van der Waals surface area contributed by atoms with E-state index in [4.69, 9.17) is 0 Å². The standard InChI is InChI=1S/C23H23N3O5S/c1-16(27)17-6-5-7-18(14-17)32(30,31)26-12-10-25(11-13-26)23(29)20-15-22(28)24(2)21-9-4-3-8-19(20)21/h3-9,14-15H,10-13H2,1-2H3. The first-order chi connectivity index (χ1) is 15.2. The van der Waals surface area contributed by atoms with Crippen LogP contribution in [0.25, 0.3) is 10.9 Å². The Morgan fingerprint density at radius 1 is 0.906 bits per heavy atom. The number of rotatable bonds is 4. The largest absolute Gasteiger partial charge is 0.336 e. The molecule has 1 aromatic heterocycles. The Hall–Kier alpha value is -3.30. The number of nitrogens with zero attached hydrogens (tertiary/aromatic N) is 3. The Balaban J connectivity index is 1.56. The molecule has 2 aromatic carbocycles. The minimum atomic E-state index is -3.79. The number of hydrogen-bond donors (Lipinski definition) is 0. The van der Waals surface area contributed by atoms with Gasteiger partial charge in [0.05, 0.1) is 16.0 Å². The molecule has 1 aliphatic heterocycles. The fourth-order valence-corrected chi connectivity index (χ4v) is 5.38. The number of carbonyl (C=O) groups excluding carboxylic acids is 2. The molecule has 9 heteroatoms. The number of piperazine rings is 1. The summed E-state index contributed by atoms with van der Waals surface area (Å²) in [6, 6.07) is 14.5. The number of carbonyl (C=O) groups is 2. The maximum Gasteiger partial charge on any atom is 0.254 e. The number of aromatic nitrogens is 1. The van der Waals surface area contributed by atoms with Crippen LogP contribution in [0.15, 0.2) is 64.3 Å². The summed E-state index contributed by atoms with van der Waals surface area (Å²) in [6.07, 6.45) is 0.